The smallest absolute Gasteiger partial charge is 0.0500 e. The van der Waals surface area contributed by atoms with E-state index in [1.165, 1.54) is 4.90 Å². The Balaban J connectivity index is 2.17. The first-order valence-electron chi connectivity index (χ1n) is 5.95. The van der Waals surface area contributed by atoms with Gasteiger partial charge in [-0.05, 0) is 49.1 Å². The molecule has 0 aliphatic carbocycles. The highest BCUT2D eigenvalue weighted by molar-refractivity contribution is 9.10. The van der Waals surface area contributed by atoms with Crippen molar-refractivity contribution >= 4 is 45.0 Å². The van der Waals surface area contributed by atoms with Crippen LogP contribution in [0.2, 0.25) is 5.02 Å². The summed E-state index contributed by atoms with van der Waals surface area (Å²) in [6.07, 6.45) is 2.08. The minimum absolute atomic E-state index is 0.165. The molecule has 1 nitrogen and oxygen atoms in total. The van der Waals surface area contributed by atoms with E-state index in [4.69, 9.17) is 11.6 Å². The van der Waals surface area contributed by atoms with Gasteiger partial charge in [0.05, 0.1) is 0 Å². The Bertz CT molecular complexity index is 574. The monoisotopic (exact) mass is 355 g/mol. The predicted octanol–water partition coefficient (Wildman–Crippen LogP) is 6.00. The standard InChI is InChI=1S/C15H15BrClNS/c1-10(14-7-6-11(16)8-15(14)17)18-12-4-3-5-13(9-12)19-2/h3-10,18H,1-2H3. The highest BCUT2D eigenvalue weighted by Gasteiger charge is 2.10. The lowest BCUT2D eigenvalue weighted by Crippen LogP contribution is -2.07. The molecular formula is C15H15BrClNS. The van der Waals surface area contributed by atoms with Crippen LogP contribution in [-0.4, -0.2) is 6.26 Å². The number of benzene rings is 2. The van der Waals surface area contributed by atoms with Crippen LogP contribution in [0.25, 0.3) is 0 Å². The SMILES string of the molecule is CSc1cccc(NC(C)c2ccc(Br)cc2Cl)c1. The molecule has 1 unspecified atom stereocenters. The van der Waals surface area contributed by atoms with Crippen LogP contribution in [0.3, 0.4) is 0 Å². The molecule has 19 heavy (non-hydrogen) atoms. The molecule has 2 aromatic rings. The zero-order valence-corrected chi connectivity index (χ0v) is 13.9. The molecule has 2 aromatic carbocycles. The van der Waals surface area contributed by atoms with E-state index >= 15 is 0 Å². The fraction of sp³-hybridized carbons (Fsp3) is 0.200. The third kappa shape index (κ3) is 3.91. The number of hydrogen-bond acceptors (Lipinski definition) is 2. The summed E-state index contributed by atoms with van der Waals surface area (Å²) < 4.78 is 0.998. The molecule has 1 atom stereocenters. The van der Waals surface area contributed by atoms with E-state index in [0.29, 0.717) is 0 Å². The van der Waals surface area contributed by atoms with Gasteiger partial charge in [0, 0.05) is 26.1 Å². The van der Waals surface area contributed by atoms with E-state index in [9.17, 15) is 0 Å². The summed E-state index contributed by atoms with van der Waals surface area (Å²) in [5.74, 6) is 0. The van der Waals surface area contributed by atoms with Crippen LogP contribution < -0.4 is 5.32 Å². The summed E-state index contributed by atoms with van der Waals surface area (Å²) >= 11 is 11.4. The lowest BCUT2D eigenvalue weighted by Gasteiger charge is -2.17. The maximum atomic E-state index is 6.28. The van der Waals surface area contributed by atoms with Gasteiger partial charge in [-0.25, -0.2) is 0 Å². The molecule has 0 saturated heterocycles. The highest BCUT2D eigenvalue weighted by atomic mass is 79.9. The third-order valence-electron chi connectivity index (χ3n) is 2.88. The van der Waals surface area contributed by atoms with Crippen molar-refractivity contribution in [3.63, 3.8) is 0 Å². The number of thioether (sulfide) groups is 1. The molecule has 0 spiro atoms. The van der Waals surface area contributed by atoms with Gasteiger partial charge in [-0.2, -0.15) is 0 Å². The molecule has 0 aliphatic rings. The summed E-state index contributed by atoms with van der Waals surface area (Å²) in [6, 6.07) is 14.5. The lowest BCUT2D eigenvalue weighted by molar-refractivity contribution is 0.884. The molecule has 100 valence electrons. The summed E-state index contributed by atoms with van der Waals surface area (Å²) in [6.45, 7) is 2.11. The largest absolute Gasteiger partial charge is 0.378 e. The Labute approximate surface area is 131 Å². The van der Waals surface area contributed by atoms with Crippen molar-refractivity contribution in [2.24, 2.45) is 0 Å². The minimum atomic E-state index is 0.165. The van der Waals surface area contributed by atoms with E-state index in [0.717, 1.165) is 20.7 Å². The van der Waals surface area contributed by atoms with Gasteiger partial charge in [0.2, 0.25) is 0 Å². The highest BCUT2D eigenvalue weighted by Crippen LogP contribution is 2.29. The van der Waals surface area contributed by atoms with Crippen LogP contribution in [0.5, 0.6) is 0 Å². The second-order valence-corrected chi connectivity index (χ2v) is 6.47. The van der Waals surface area contributed by atoms with Gasteiger partial charge in [-0.15, -0.1) is 11.8 Å². The number of anilines is 1. The molecule has 0 fully saturated rings. The van der Waals surface area contributed by atoms with Gasteiger partial charge in [-0.1, -0.05) is 39.7 Å². The van der Waals surface area contributed by atoms with E-state index in [2.05, 4.69) is 58.7 Å². The third-order valence-corrected chi connectivity index (χ3v) is 4.43. The molecule has 0 bridgehead atoms. The van der Waals surface area contributed by atoms with Gasteiger partial charge in [0.1, 0.15) is 0 Å². The number of rotatable bonds is 4. The van der Waals surface area contributed by atoms with E-state index < -0.39 is 0 Å². The minimum Gasteiger partial charge on any atom is -0.378 e. The van der Waals surface area contributed by atoms with Crippen LogP contribution in [0.15, 0.2) is 51.8 Å². The van der Waals surface area contributed by atoms with E-state index in [-0.39, 0.29) is 6.04 Å². The van der Waals surface area contributed by atoms with Crippen LogP contribution in [-0.2, 0) is 0 Å². The van der Waals surface area contributed by atoms with E-state index in [1.807, 2.05) is 18.2 Å². The summed E-state index contributed by atoms with van der Waals surface area (Å²) in [5, 5.41) is 4.25. The van der Waals surface area contributed by atoms with Crippen LogP contribution >= 0.6 is 39.3 Å². The molecule has 0 saturated carbocycles. The molecule has 4 heteroatoms. The zero-order valence-electron chi connectivity index (χ0n) is 10.8. The Morgan fingerprint density at radius 3 is 2.68 bits per heavy atom. The second kappa shape index (κ2) is 6.69. The van der Waals surface area contributed by atoms with Gasteiger partial charge >= 0.3 is 0 Å². The Hall–Kier alpha value is -0.640. The Kier molecular flexibility index (Phi) is 5.20. The molecule has 0 amide bonds. The normalized spacial score (nSPS) is 12.2. The molecule has 0 heterocycles. The van der Waals surface area contributed by atoms with E-state index in [1.54, 1.807) is 11.8 Å². The summed E-state index contributed by atoms with van der Waals surface area (Å²) in [4.78, 5) is 1.25. The van der Waals surface area contributed by atoms with Crippen molar-refractivity contribution < 1.29 is 0 Å². The fourth-order valence-electron chi connectivity index (χ4n) is 1.89. The predicted molar refractivity (Wildman–Crippen MR) is 89.4 cm³/mol. The quantitative estimate of drug-likeness (QED) is 0.674. The maximum Gasteiger partial charge on any atom is 0.0500 e. The van der Waals surface area contributed by atoms with Gasteiger partial charge in [0.25, 0.3) is 0 Å². The first-order chi connectivity index (χ1) is 9.10. The van der Waals surface area contributed by atoms with Crippen LogP contribution in [0.4, 0.5) is 5.69 Å². The molecule has 1 N–H and O–H groups in total. The average Bonchev–Trinajstić information content (AvgIpc) is 2.38. The Morgan fingerprint density at radius 1 is 1.21 bits per heavy atom. The topological polar surface area (TPSA) is 12.0 Å². The Morgan fingerprint density at radius 2 is 2.00 bits per heavy atom. The first kappa shape index (κ1) is 14.8. The fourth-order valence-corrected chi connectivity index (χ4v) is 3.19. The average molecular weight is 357 g/mol. The number of hydrogen-bond donors (Lipinski definition) is 1. The number of nitrogens with one attached hydrogen (secondary N) is 1. The molecule has 0 radical (unpaired) electrons. The van der Waals surface area contributed by atoms with Crippen molar-refractivity contribution in [1.82, 2.24) is 0 Å². The zero-order chi connectivity index (χ0) is 13.8. The number of halogens is 2. The van der Waals surface area contributed by atoms with Crippen LogP contribution in [0.1, 0.15) is 18.5 Å². The van der Waals surface area contributed by atoms with Gasteiger partial charge < -0.3 is 5.32 Å². The first-order valence-corrected chi connectivity index (χ1v) is 8.35. The van der Waals surface area contributed by atoms with Crippen molar-refractivity contribution in [2.75, 3.05) is 11.6 Å². The molecular weight excluding hydrogens is 342 g/mol. The summed E-state index contributed by atoms with van der Waals surface area (Å²) in [5.41, 5.74) is 2.21. The van der Waals surface area contributed by atoms with Crippen molar-refractivity contribution in [2.45, 2.75) is 17.9 Å². The molecule has 0 aliphatic heterocycles. The molecule has 0 aromatic heterocycles. The van der Waals surface area contributed by atoms with Gasteiger partial charge in [0.15, 0.2) is 0 Å². The van der Waals surface area contributed by atoms with Crippen LogP contribution in [0, 0.1) is 0 Å². The van der Waals surface area contributed by atoms with Gasteiger partial charge in [-0.3, -0.25) is 0 Å². The maximum absolute atomic E-state index is 6.28. The molecule has 2 rings (SSSR count). The summed E-state index contributed by atoms with van der Waals surface area (Å²) in [7, 11) is 0. The van der Waals surface area contributed by atoms with Crippen molar-refractivity contribution in [3.05, 3.63) is 57.5 Å². The van der Waals surface area contributed by atoms with Crippen molar-refractivity contribution in [3.8, 4) is 0 Å². The van der Waals surface area contributed by atoms with Crippen molar-refractivity contribution in [1.29, 1.82) is 0 Å². The lowest BCUT2D eigenvalue weighted by atomic mass is 10.1. The second-order valence-electron chi connectivity index (χ2n) is 4.26.